The van der Waals surface area contributed by atoms with Gasteiger partial charge in [-0.1, -0.05) is 34.1 Å². The van der Waals surface area contributed by atoms with Gasteiger partial charge in [0.15, 0.2) is 0 Å². The van der Waals surface area contributed by atoms with Crippen molar-refractivity contribution in [1.82, 2.24) is 0 Å². The maximum absolute atomic E-state index is 11.4. The minimum Gasteiger partial charge on any atom is -0.300 e. The largest absolute Gasteiger partial charge is 0.300 e. The molecular formula is C12H22O. The summed E-state index contributed by atoms with van der Waals surface area (Å²) in [6.45, 7) is 10.7. The third-order valence-corrected chi connectivity index (χ3v) is 3.97. The second kappa shape index (κ2) is 3.43. The Hall–Kier alpha value is -0.330. The van der Waals surface area contributed by atoms with Crippen molar-refractivity contribution < 1.29 is 4.79 Å². The van der Waals surface area contributed by atoms with Gasteiger partial charge in [-0.25, -0.2) is 0 Å². The van der Waals surface area contributed by atoms with Crippen LogP contribution >= 0.6 is 0 Å². The summed E-state index contributed by atoms with van der Waals surface area (Å²) in [5.74, 6) is 2.14. The van der Waals surface area contributed by atoms with Gasteiger partial charge in [0.1, 0.15) is 5.78 Å². The third kappa shape index (κ3) is 1.66. The quantitative estimate of drug-likeness (QED) is 0.652. The van der Waals surface area contributed by atoms with E-state index in [2.05, 4.69) is 27.7 Å². The van der Waals surface area contributed by atoms with Crippen LogP contribution in [0.2, 0.25) is 0 Å². The van der Waals surface area contributed by atoms with E-state index >= 15 is 0 Å². The van der Waals surface area contributed by atoms with E-state index in [0.29, 0.717) is 23.0 Å². The van der Waals surface area contributed by atoms with Gasteiger partial charge in [-0.05, 0) is 30.6 Å². The topological polar surface area (TPSA) is 17.1 Å². The first-order valence-corrected chi connectivity index (χ1v) is 5.47. The molecule has 0 spiro atoms. The summed E-state index contributed by atoms with van der Waals surface area (Å²) in [6, 6.07) is 0. The zero-order valence-corrected chi connectivity index (χ0v) is 9.55. The zero-order chi connectivity index (χ0) is 10.2. The van der Waals surface area contributed by atoms with Crippen molar-refractivity contribution in [3.8, 4) is 0 Å². The van der Waals surface area contributed by atoms with E-state index in [-0.39, 0.29) is 0 Å². The first-order valence-electron chi connectivity index (χ1n) is 5.47. The Morgan fingerprint density at radius 3 is 2.15 bits per heavy atom. The van der Waals surface area contributed by atoms with Crippen LogP contribution < -0.4 is 0 Å². The average Bonchev–Trinajstić information content (AvgIpc) is 2.54. The molecule has 1 saturated carbocycles. The van der Waals surface area contributed by atoms with Gasteiger partial charge in [-0.2, -0.15) is 0 Å². The summed E-state index contributed by atoms with van der Waals surface area (Å²) in [6.07, 6.45) is 2.24. The van der Waals surface area contributed by atoms with Crippen LogP contribution in [0.5, 0.6) is 0 Å². The van der Waals surface area contributed by atoms with E-state index in [0.717, 1.165) is 12.3 Å². The van der Waals surface area contributed by atoms with Crippen LogP contribution in [0.15, 0.2) is 0 Å². The number of hydrogen-bond donors (Lipinski definition) is 0. The maximum atomic E-state index is 11.4. The molecule has 0 heterocycles. The molecule has 1 aliphatic rings. The normalized spacial score (nSPS) is 32.7. The highest BCUT2D eigenvalue weighted by atomic mass is 16.1. The fourth-order valence-electron chi connectivity index (χ4n) is 3.16. The van der Waals surface area contributed by atoms with Gasteiger partial charge in [0.2, 0.25) is 0 Å². The van der Waals surface area contributed by atoms with Crippen LogP contribution in [-0.4, -0.2) is 5.78 Å². The van der Waals surface area contributed by atoms with Gasteiger partial charge >= 0.3 is 0 Å². The van der Waals surface area contributed by atoms with Crippen molar-refractivity contribution in [2.75, 3.05) is 0 Å². The number of carbonyl (C=O) groups is 1. The molecule has 2 unspecified atom stereocenters. The molecule has 0 amide bonds. The predicted octanol–water partition coefficient (Wildman–Crippen LogP) is 3.28. The van der Waals surface area contributed by atoms with Gasteiger partial charge in [-0.15, -0.1) is 0 Å². The molecule has 1 heteroatoms. The molecule has 1 rings (SSSR count). The fraction of sp³-hybridized carbons (Fsp3) is 0.917. The van der Waals surface area contributed by atoms with Crippen LogP contribution in [-0.2, 0) is 4.79 Å². The van der Waals surface area contributed by atoms with Crippen LogP contribution in [0.4, 0.5) is 0 Å². The number of rotatable bonds is 4. The van der Waals surface area contributed by atoms with Gasteiger partial charge in [0.25, 0.3) is 0 Å². The third-order valence-electron chi connectivity index (χ3n) is 3.97. The summed E-state index contributed by atoms with van der Waals surface area (Å²) in [4.78, 5) is 11.4. The Bertz CT molecular complexity index is 205. The smallest absolute Gasteiger partial charge is 0.133 e. The molecule has 1 aliphatic carbocycles. The highest BCUT2D eigenvalue weighted by molar-refractivity contribution is 5.79. The lowest BCUT2D eigenvalue weighted by Gasteiger charge is -2.12. The van der Waals surface area contributed by atoms with Gasteiger partial charge in [-0.3, -0.25) is 4.79 Å². The van der Waals surface area contributed by atoms with Crippen molar-refractivity contribution in [2.45, 2.75) is 47.5 Å². The Balaban J connectivity index is 2.69. The molecular weight excluding hydrogens is 160 g/mol. The van der Waals surface area contributed by atoms with E-state index in [1.165, 1.54) is 6.42 Å². The minimum absolute atomic E-state index is 0.319. The summed E-state index contributed by atoms with van der Waals surface area (Å²) < 4.78 is 0. The van der Waals surface area contributed by atoms with E-state index < -0.39 is 0 Å². The van der Waals surface area contributed by atoms with E-state index in [4.69, 9.17) is 0 Å². The Morgan fingerprint density at radius 1 is 1.38 bits per heavy atom. The van der Waals surface area contributed by atoms with Crippen molar-refractivity contribution >= 4 is 5.78 Å². The van der Waals surface area contributed by atoms with Crippen LogP contribution in [0, 0.1) is 23.2 Å². The van der Waals surface area contributed by atoms with Crippen LogP contribution in [0.3, 0.4) is 0 Å². The maximum Gasteiger partial charge on any atom is 0.133 e. The van der Waals surface area contributed by atoms with Gasteiger partial charge < -0.3 is 0 Å². The van der Waals surface area contributed by atoms with Gasteiger partial charge in [0.05, 0.1) is 0 Å². The summed E-state index contributed by atoms with van der Waals surface area (Å²) >= 11 is 0. The summed E-state index contributed by atoms with van der Waals surface area (Å²) in [5.41, 5.74) is 0.418. The lowest BCUT2D eigenvalue weighted by Crippen LogP contribution is -2.15. The van der Waals surface area contributed by atoms with E-state index in [1.54, 1.807) is 6.92 Å². The van der Waals surface area contributed by atoms with E-state index in [1.807, 2.05) is 0 Å². The second-order valence-corrected chi connectivity index (χ2v) is 4.99. The molecule has 0 aromatic carbocycles. The molecule has 0 saturated heterocycles. The Kier molecular flexibility index (Phi) is 2.84. The molecule has 0 bridgehead atoms. The molecule has 1 fully saturated rings. The fourth-order valence-corrected chi connectivity index (χ4v) is 3.16. The van der Waals surface area contributed by atoms with Gasteiger partial charge in [0, 0.05) is 5.92 Å². The molecule has 0 aliphatic heterocycles. The monoisotopic (exact) mass is 182 g/mol. The molecule has 3 atom stereocenters. The lowest BCUT2D eigenvalue weighted by atomic mass is 9.91. The SMILES string of the molecule is CCC(C(C)=O)C1[C@H](CC)C1(C)C. The number of hydrogen-bond acceptors (Lipinski definition) is 1. The van der Waals surface area contributed by atoms with E-state index in [9.17, 15) is 4.79 Å². The van der Waals surface area contributed by atoms with Crippen molar-refractivity contribution in [2.24, 2.45) is 23.2 Å². The number of ketones is 1. The molecule has 13 heavy (non-hydrogen) atoms. The number of carbonyl (C=O) groups excluding carboxylic acids is 1. The molecule has 0 radical (unpaired) electrons. The predicted molar refractivity (Wildman–Crippen MR) is 55.5 cm³/mol. The molecule has 0 N–H and O–H groups in total. The minimum atomic E-state index is 0.319. The van der Waals surface area contributed by atoms with Crippen molar-refractivity contribution in [3.05, 3.63) is 0 Å². The first-order chi connectivity index (χ1) is 5.96. The Labute approximate surface area is 81.9 Å². The molecule has 0 aromatic rings. The lowest BCUT2D eigenvalue weighted by molar-refractivity contribution is -0.121. The average molecular weight is 182 g/mol. The summed E-state index contributed by atoms with van der Waals surface area (Å²) in [7, 11) is 0. The first kappa shape index (κ1) is 10.7. The molecule has 76 valence electrons. The number of Topliss-reactive ketones (excluding diaryl/α,β-unsaturated/α-hetero) is 1. The van der Waals surface area contributed by atoms with Crippen molar-refractivity contribution in [3.63, 3.8) is 0 Å². The molecule has 0 aromatic heterocycles. The zero-order valence-electron chi connectivity index (χ0n) is 9.55. The van der Waals surface area contributed by atoms with Crippen LogP contribution in [0.1, 0.15) is 47.5 Å². The second-order valence-electron chi connectivity index (χ2n) is 4.99. The highest BCUT2D eigenvalue weighted by Crippen LogP contribution is 2.63. The summed E-state index contributed by atoms with van der Waals surface area (Å²) in [5, 5.41) is 0. The Morgan fingerprint density at radius 2 is 1.92 bits per heavy atom. The van der Waals surface area contributed by atoms with Crippen molar-refractivity contribution in [1.29, 1.82) is 0 Å². The standard InChI is InChI=1S/C12H22O/c1-6-9(8(3)13)11-10(7-2)12(11,4)5/h9-11H,6-7H2,1-5H3/t9?,10-,11?/m0/s1. The molecule has 1 nitrogen and oxygen atoms in total. The highest BCUT2D eigenvalue weighted by Gasteiger charge is 2.59. The van der Waals surface area contributed by atoms with Crippen LogP contribution in [0.25, 0.3) is 0 Å².